The largest absolute Gasteiger partial charge is 0.573 e. The van der Waals surface area contributed by atoms with Gasteiger partial charge in [-0.2, -0.15) is 0 Å². The number of carbonyl (C=O) groups is 2. The number of benzene rings is 3. The summed E-state index contributed by atoms with van der Waals surface area (Å²) in [5.41, 5.74) is 1.70. The second-order valence-corrected chi connectivity index (χ2v) is 9.16. The second-order valence-electron chi connectivity index (χ2n) is 9.16. The third kappa shape index (κ3) is 7.06. The minimum Gasteiger partial charge on any atom is -0.491 e. The Balaban J connectivity index is 1.65. The Morgan fingerprint density at radius 3 is 2.32 bits per heavy atom. The highest BCUT2D eigenvalue weighted by molar-refractivity contribution is 5.97. The monoisotopic (exact) mass is 526 g/mol. The van der Waals surface area contributed by atoms with Crippen molar-refractivity contribution in [2.45, 2.75) is 31.7 Å². The first-order valence-electron chi connectivity index (χ1n) is 12.4. The highest BCUT2D eigenvalue weighted by Crippen LogP contribution is 2.25. The minimum absolute atomic E-state index is 0.129. The van der Waals surface area contributed by atoms with E-state index in [0.717, 1.165) is 17.7 Å². The van der Waals surface area contributed by atoms with E-state index in [1.807, 2.05) is 30.3 Å². The van der Waals surface area contributed by atoms with Crippen molar-refractivity contribution < 1.29 is 32.2 Å². The van der Waals surface area contributed by atoms with E-state index in [-0.39, 0.29) is 24.0 Å². The molecule has 0 radical (unpaired) electrons. The summed E-state index contributed by atoms with van der Waals surface area (Å²) in [6.45, 7) is 1.02. The molecule has 1 aliphatic heterocycles. The first kappa shape index (κ1) is 27.0. The number of para-hydroxylation sites is 1. The molecule has 200 valence electrons. The number of hydrogen-bond acceptors (Lipinski definition) is 4. The fourth-order valence-corrected chi connectivity index (χ4v) is 4.45. The molecule has 6 nitrogen and oxygen atoms in total. The molecule has 0 aliphatic carbocycles. The molecule has 4 rings (SSSR count). The van der Waals surface area contributed by atoms with Gasteiger partial charge in [0, 0.05) is 25.7 Å². The van der Waals surface area contributed by atoms with Crippen molar-refractivity contribution >= 4 is 11.8 Å². The van der Waals surface area contributed by atoms with E-state index in [9.17, 15) is 22.8 Å². The molecule has 0 N–H and O–H groups in total. The Morgan fingerprint density at radius 2 is 1.61 bits per heavy atom. The Bertz CT molecular complexity index is 1230. The van der Waals surface area contributed by atoms with Gasteiger partial charge in [0.05, 0.1) is 11.6 Å². The van der Waals surface area contributed by atoms with Crippen molar-refractivity contribution in [3.63, 3.8) is 0 Å². The molecule has 0 saturated carbocycles. The Hall–Kier alpha value is -4.01. The fraction of sp³-hybridized carbons (Fsp3) is 0.310. The van der Waals surface area contributed by atoms with Crippen molar-refractivity contribution in [3.05, 3.63) is 95.6 Å². The highest BCUT2D eigenvalue weighted by atomic mass is 19.4. The number of rotatable bonds is 4. The Morgan fingerprint density at radius 1 is 0.947 bits per heavy atom. The normalized spacial score (nSPS) is 17.1. The first-order valence-corrected chi connectivity index (χ1v) is 12.4. The standard InChI is InChI=1S/C29H29F3N2O4/c1-33-17-7-8-18-34(27(35)22-13-15-24(16-14-22)38-29(30,31)32)23(19-21-9-3-2-4-10-21)20-37-26-12-6-5-11-25(26)28(33)36/h2-6,9-16,23H,7-8,17-20H2,1H3/t23-/m0/s1. The molecule has 1 aliphatic rings. The van der Waals surface area contributed by atoms with Gasteiger partial charge in [-0.25, -0.2) is 0 Å². The van der Waals surface area contributed by atoms with Gasteiger partial charge in [0.25, 0.3) is 11.8 Å². The summed E-state index contributed by atoms with van der Waals surface area (Å²) in [6, 6.07) is 21.3. The van der Waals surface area contributed by atoms with Gasteiger partial charge in [-0.05, 0) is 61.2 Å². The number of carbonyl (C=O) groups excluding carboxylic acids is 2. The maximum atomic E-state index is 13.7. The fourth-order valence-electron chi connectivity index (χ4n) is 4.45. The minimum atomic E-state index is -4.81. The van der Waals surface area contributed by atoms with E-state index in [1.54, 1.807) is 41.1 Å². The van der Waals surface area contributed by atoms with Gasteiger partial charge < -0.3 is 19.3 Å². The van der Waals surface area contributed by atoms with Crippen molar-refractivity contribution in [2.75, 3.05) is 26.7 Å². The van der Waals surface area contributed by atoms with Crippen molar-refractivity contribution in [1.29, 1.82) is 0 Å². The van der Waals surface area contributed by atoms with Crippen LogP contribution in [0.5, 0.6) is 11.5 Å². The lowest BCUT2D eigenvalue weighted by molar-refractivity contribution is -0.274. The maximum Gasteiger partial charge on any atom is 0.573 e. The van der Waals surface area contributed by atoms with Crippen LogP contribution in [0.1, 0.15) is 39.1 Å². The van der Waals surface area contributed by atoms with Crippen LogP contribution in [0.4, 0.5) is 13.2 Å². The Kier molecular flexibility index (Phi) is 8.55. The van der Waals surface area contributed by atoms with Gasteiger partial charge >= 0.3 is 6.36 Å². The predicted octanol–water partition coefficient (Wildman–Crippen LogP) is 5.58. The third-order valence-electron chi connectivity index (χ3n) is 6.39. The molecule has 0 fully saturated rings. The summed E-state index contributed by atoms with van der Waals surface area (Å²) in [7, 11) is 1.73. The number of fused-ring (bicyclic) bond motifs is 1. The number of nitrogens with zero attached hydrogens (tertiary/aromatic N) is 2. The Labute approximate surface area is 219 Å². The molecule has 0 spiro atoms. The van der Waals surface area contributed by atoms with Crippen LogP contribution in [0, 0.1) is 0 Å². The van der Waals surface area contributed by atoms with Crippen LogP contribution in [-0.4, -0.2) is 60.8 Å². The van der Waals surface area contributed by atoms with E-state index in [2.05, 4.69) is 4.74 Å². The summed E-state index contributed by atoms with van der Waals surface area (Å²) in [4.78, 5) is 30.1. The molecular weight excluding hydrogens is 497 g/mol. The molecule has 1 heterocycles. The lowest BCUT2D eigenvalue weighted by Crippen LogP contribution is -2.46. The van der Waals surface area contributed by atoms with Crippen LogP contribution in [-0.2, 0) is 6.42 Å². The zero-order valence-electron chi connectivity index (χ0n) is 21.0. The topological polar surface area (TPSA) is 59.1 Å². The van der Waals surface area contributed by atoms with E-state index in [4.69, 9.17) is 4.74 Å². The summed E-state index contributed by atoms with van der Waals surface area (Å²) in [6.07, 6.45) is -3.01. The summed E-state index contributed by atoms with van der Waals surface area (Å²) in [5, 5.41) is 0. The molecule has 38 heavy (non-hydrogen) atoms. The molecule has 3 aromatic rings. The number of hydrogen-bond donors (Lipinski definition) is 0. The molecule has 2 amide bonds. The van der Waals surface area contributed by atoms with Crippen LogP contribution in [0.3, 0.4) is 0 Å². The first-order chi connectivity index (χ1) is 18.2. The number of ether oxygens (including phenoxy) is 2. The van der Waals surface area contributed by atoms with Crippen LogP contribution in [0.25, 0.3) is 0 Å². The van der Waals surface area contributed by atoms with Crippen molar-refractivity contribution in [2.24, 2.45) is 0 Å². The SMILES string of the molecule is CN1CCCCN(C(=O)c2ccc(OC(F)(F)F)cc2)[C@@H](Cc2ccccc2)COc2ccccc2C1=O. The van der Waals surface area contributed by atoms with E-state index < -0.39 is 18.2 Å². The average molecular weight is 527 g/mol. The molecule has 0 saturated heterocycles. The maximum absolute atomic E-state index is 13.7. The van der Waals surface area contributed by atoms with E-state index >= 15 is 0 Å². The zero-order chi connectivity index (χ0) is 27.1. The van der Waals surface area contributed by atoms with Crippen LogP contribution in [0.15, 0.2) is 78.9 Å². The summed E-state index contributed by atoms with van der Waals surface area (Å²) in [5.74, 6) is -0.405. The molecule has 3 aromatic carbocycles. The third-order valence-corrected chi connectivity index (χ3v) is 6.39. The quantitative estimate of drug-likeness (QED) is 0.445. The number of halogens is 3. The van der Waals surface area contributed by atoms with Gasteiger partial charge in [0.1, 0.15) is 18.1 Å². The molecule has 0 unspecified atom stereocenters. The van der Waals surface area contributed by atoms with Gasteiger partial charge in [0.15, 0.2) is 0 Å². The van der Waals surface area contributed by atoms with Gasteiger partial charge in [0.2, 0.25) is 0 Å². The lowest BCUT2D eigenvalue weighted by atomic mass is 10.0. The number of alkyl halides is 3. The molecule has 1 atom stereocenters. The van der Waals surface area contributed by atoms with Crippen molar-refractivity contribution in [1.82, 2.24) is 9.80 Å². The van der Waals surface area contributed by atoms with E-state index in [1.165, 1.54) is 12.1 Å². The van der Waals surface area contributed by atoms with Gasteiger partial charge in [-0.1, -0.05) is 42.5 Å². The molecular formula is C29H29F3N2O4. The zero-order valence-corrected chi connectivity index (χ0v) is 21.0. The van der Waals surface area contributed by atoms with Crippen molar-refractivity contribution in [3.8, 4) is 11.5 Å². The summed E-state index contributed by atoms with van der Waals surface area (Å²) >= 11 is 0. The second kappa shape index (κ2) is 12.0. The van der Waals surface area contributed by atoms with Gasteiger partial charge in [-0.3, -0.25) is 9.59 Å². The van der Waals surface area contributed by atoms with Crippen LogP contribution in [0.2, 0.25) is 0 Å². The lowest BCUT2D eigenvalue weighted by Gasteiger charge is -2.33. The highest BCUT2D eigenvalue weighted by Gasteiger charge is 2.32. The van der Waals surface area contributed by atoms with Crippen LogP contribution >= 0.6 is 0 Å². The van der Waals surface area contributed by atoms with Crippen LogP contribution < -0.4 is 9.47 Å². The van der Waals surface area contributed by atoms with E-state index in [0.29, 0.717) is 43.7 Å². The summed E-state index contributed by atoms with van der Waals surface area (Å²) < 4.78 is 47.9. The molecule has 9 heteroatoms. The predicted molar refractivity (Wildman–Crippen MR) is 136 cm³/mol. The number of amides is 2. The van der Waals surface area contributed by atoms with Gasteiger partial charge in [-0.15, -0.1) is 13.2 Å². The molecule has 0 aromatic heterocycles. The molecule has 0 bridgehead atoms. The smallest absolute Gasteiger partial charge is 0.491 e. The average Bonchev–Trinajstić information content (AvgIpc) is 2.90.